The Morgan fingerprint density at radius 1 is 1.33 bits per heavy atom. The number of nitrogens with two attached hydrogens (primary N) is 1. The first-order valence-electron chi connectivity index (χ1n) is 8.06. The number of hydrogen-bond donors (Lipinski definition) is 1. The van der Waals surface area contributed by atoms with Crippen LogP contribution in [-0.4, -0.2) is 36.7 Å². The molecular formula is C17H24N2O2. The van der Waals surface area contributed by atoms with Gasteiger partial charge < -0.3 is 20.1 Å². The summed E-state index contributed by atoms with van der Waals surface area (Å²) in [5.41, 5.74) is 7.50. The maximum Gasteiger partial charge on any atom is 0.128 e. The van der Waals surface area contributed by atoms with E-state index in [1.807, 2.05) is 12.1 Å². The highest BCUT2D eigenvalue weighted by molar-refractivity contribution is 5.44. The Kier molecular flexibility index (Phi) is 3.12. The molecule has 3 heterocycles. The molecule has 0 aliphatic carbocycles. The summed E-state index contributed by atoms with van der Waals surface area (Å²) in [6, 6.07) is 6.79. The Bertz CT molecular complexity index is 548. The maximum absolute atomic E-state index is 6.49. The molecule has 0 radical (unpaired) electrons. The summed E-state index contributed by atoms with van der Waals surface area (Å²) >= 11 is 0. The zero-order valence-corrected chi connectivity index (χ0v) is 12.7. The van der Waals surface area contributed by atoms with Gasteiger partial charge in [-0.05, 0) is 31.9 Å². The summed E-state index contributed by atoms with van der Waals surface area (Å²) in [5, 5.41) is 0. The van der Waals surface area contributed by atoms with Crippen molar-refractivity contribution in [1.29, 1.82) is 0 Å². The highest BCUT2D eigenvalue weighted by atomic mass is 16.5. The zero-order valence-electron chi connectivity index (χ0n) is 12.7. The number of methoxy groups -OCH3 is 1. The van der Waals surface area contributed by atoms with Crippen LogP contribution in [0.15, 0.2) is 18.2 Å². The minimum Gasteiger partial charge on any atom is -0.497 e. The Morgan fingerprint density at radius 2 is 2.24 bits per heavy atom. The Morgan fingerprint density at radius 3 is 3.10 bits per heavy atom. The molecule has 2 saturated heterocycles. The lowest BCUT2D eigenvalue weighted by molar-refractivity contribution is -0.0359. The van der Waals surface area contributed by atoms with Crippen molar-refractivity contribution < 1.29 is 9.47 Å². The second kappa shape index (κ2) is 4.89. The van der Waals surface area contributed by atoms with Crippen molar-refractivity contribution in [3.63, 3.8) is 0 Å². The van der Waals surface area contributed by atoms with E-state index in [2.05, 4.69) is 11.0 Å². The highest BCUT2D eigenvalue weighted by Crippen LogP contribution is 2.46. The minimum absolute atomic E-state index is 0.0652. The molecular weight excluding hydrogens is 264 g/mol. The van der Waals surface area contributed by atoms with Gasteiger partial charge in [0.2, 0.25) is 0 Å². The van der Waals surface area contributed by atoms with Crippen LogP contribution in [0.1, 0.15) is 43.7 Å². The first-order chi connectivity index (χ1) is 10.2. The molecule has 3 unspecified atom stereocenters. The molecule has 1 spiro atoms. The summed E-state index contributed by atoms with van der Waals surface area (Å²) in [6.07, 6.45) is 5.80. The van der Waals surface area contributed by atoms with E-state index in [4.69, 9.17) is 15.2 Å². The van der Waals surface area contributed by atoms with E-state index in [0.29, 0.717) is 6.04 Å². The second-order valence-corrected chi connectivity index (χ2v) is 6.79. The van der Waals surface area contributed by atoms with E-state index in [1.165, 1.54) is 19.4 Å². The van der Waals surface area contributed by atoms with Crippen LogP contribution in [0.2, 0.25) is 0 Å². The predicted molar refractivity (Wildman–Crippen MR) is 81.7 cm³/mol. The summed E-state index contributed by atoms with van der Waals surface area (Å²) in [7, 11) is 1.69. The Balaban J connectivity index is 1.63. The first kappa shape index (κ1) is 13.4. The van der Waals surface area contributed by atoms with E-state index < -0.39 is 0 Å². The molecule has 114 valence electrons. The van der Waals surface area contributed by atoms with Crippen molar-refractivity contribution in [3.05, 3.63) is 23.8 Å². The van der Waals surface area contributed by atoms with E-state index in [0.717, 1.165) is 42.9 Å². The molecule has 0 saturated carbocycles. The van der Waals surface area contributed by atoms with Gasteiger partial charge in [-0.1, -0.05) is 6.07 Å². The van der Waals surface area contributed by atoms with Crippen molar-refractivity contribution in [3.8, 4) is 11.5 Å². The SMILES string of the molecule is COc1ccc2c(c1)OC1(CCN3CCCC3C1)CC2N. The van der Waals surface area contributed by atoms with Gasteiger partial charge in [0, 0.05) is 43.1 Å². The van der Waals surface area contributed by atoms with Gasteiger partial charge in [-0.25, -0.2) is 0 Å². The van der Waals surface area contributed by atoms with Crippen molar-refractivity contribution >= 4 is 0 Å². The van der Waals surface area contributed by atoms with Crippen LogP contribution in [0.4, 0.5) is 0 Å². The highest BCUT2D eigenvalue weighted by Gasteiger charge is 2.46. The maximum atomic E-state index is 6.49. The largest absolute Gasteiger partial charge is 0.497 e. The molecule has 4 nitrogen and oxygen atoms in total. The number of benzene rings is 1. The molecule has 0 amide bonds. The van der Waals surface area contributed by atoms with Crippen LogP contribution < -0.4 is 15.2 Å². The predicted octanol–water partition coefficient (Wildman–Crippen LogP) is 2.47. The fraction of sp³-hybridized carbons (Fsp3) is 0.647. The van der Waals surface area contributed by atoms with E-state index in [-0.39, 0.29) is 11.6 Å². The smallest absolute Gasteiger partial charge is 0.128 e. The van der Waals surface area contributed by atoms with Crippen molar-refractivity contribution in [2.45, 2.75) is 49.8 Å². The van der Waals surface area contributed by atoms with Gasteiger partial charge in [-0.15, -0.1) is 0 Å². The van der Waals surface area contributed by atoms with Crippen molar-refractivity contribution in [1.82, 2.24) is 4.90 Å². The molecule has 2 fully saturated rings. The summed E-state index contributed by atoms with van der Waals surface area (Å²) < 4.78 is 11.8. The van der Waals surface area contributed by atoms with E-state index >= 15 is 0 Å². The van der Waals surface area contributed by atoms with Crippen LogP contribution in [0.3, 0.4) is 0 Å². The molecule has 3 aliphatic heterocycles. The molecule has 1 aromatic rings. The Labute approximate surface area is 126 Å². The Hall–Kier alpha value is -1.26. The van der Waals surface area contributed by atoms with Crippen molar-refractivity contribution in [2.75, 3.05) is 20.2 Å². The van der Waals surface area contributed by atoms with Gasteiger partial charge >= 0.3 is 0 Å². The van der Waals surface area contributed by atoms with Crippen LogP contribution in [-0.2, 0) is 0 Å². The van der Waals surface area contributed by atoms with Crippen LogP contribution in [0.5, 0.6) is 11.5 Å². The number of fused-ring (bicyclic) bond motifs is 2. The lowest BCUT2D eigenvalue weighted by atomic mass is 9.78. The fourth-order valence-electron chi connectivity index (χ4n) is 4.40. The topological polar surface area (TPSA) is 47.7 Å². The number of hydrogen-bond acceptors (Lipinski definition) is 4. The average molecular weight is 288 g/mol. The van der Waals surface area contributed by atoms with Crippen molar-refractivity contribution in [2.24, 2.45) is 5.73 Å². The summed E-state index contributed by atoms with van der Waals surface area (Å²) in [6.45, 7) is 2.41. The standard InChI is InChI=1S/C17H24N2O2/c1-20-13-4-5-14-15(18)11-17(21-16(14)9-13)6-8-19-7-2-3-12(19)10-17/h4-5,9,12,15H,2-3,6-8,10-11,18H2,1H3. The third-order valence-corrected chi connectivity index (χ3v) is 5.50. The number of ether oxygens (including phenoxy) is 2. The van der Waals surface area contributed by atoms with Gasteiger partial charge in [-0.3, -0.25) is 0 Å². The second-order valence-electron chi connectivity index (χ2n) is 6.79. The van der Waals surface area contributed by atoms with Crippen LogP contribution >= 0.6 is 0 Å². The molecule has 3 atom stereocenters. The lowest BCUT2D eigenvalue weighted by Crippen LogP contribution is -2.53. The fourth-order valence-corrected chi connectivity index (χ4v) is 4.40. The zero-order chi connectivity index (χ0) is 14.4. The molecule has 1 aromatic carbocycles. The number of piperidine rings is 1. The molecule has 3 aliphatic rings. The lowest BCUT2D eigenvalue weighted by Gasteiger charge is -2.48. The molecule has 0 aromatic heterocycles. The third-order valence-electron chi connectivity index (χ3n) is 5.50. The number of rotatable bonds is 1. The molecule has 0 bridgehead atoms. The quantitative estimate of drug-likeness (QED) is 0.862. The third kappa shape index (κ3) is 2.21. The van der Waals surface area contributed by atoms with Gasteiger partial charge in [0.15, 0.2) is 0 Å². The molecule has 4 heteroatoms. The van der Waals surface area contributed by atoms with E-state index in [1.54, 1.807) is 7.11 Å². The summed E-state index contributed by atoms with van der Waals surface area (Å²) in [4.78, 5) is 2.63. The first-order valence-corrected chi connectivity index (χ1v) is 8.06. The summed E-state index contributed by atoms with van der Waals surface area (Å²) in [5.74, 6) is 1.77. The number of nitrogens with zero attached hydrogens (tertiary/aromatic N) is 1. The van der Waals surface area contributed by atoms with Crippen LogP contribution in [0, 0.1) is 0 Å². The van der Waals surface area contributed by atoms with Gasteiger partial charge in [0.05, 0.1) is 7.11 Å². The van der Waals surface area contributed by atoms with Crippen LogP contribution in [0.25, 0.3) is 0 Å². The van der Waals surface area contributed by atoms with Gasteiger partial charge in [0.1, 0.15) is 17.1 Å². The minimum atomic E-state index is -0.0652. The molecule has 2 N–H and O–H groups in total. The van der Waals surface area contributed by atoms with Gasteiger partial charge in [0.25, 0.3) is 0 Å². The average Bonchev–Trinajstić information content (AvgIpc) is 2.93. The molecule has 4 rings (SSSR count). The normalized spacial score (nSPS) is 35.1. The monoisotopic (exact) mass is 288 g/mol. The van der Waals surface area contributed by atoms with E-state index in [9.17, 15) is 0 Å². The molecule has 21 heavy (non-hydrogen) atoms. The van der Waals surface area contributed by atoms with Gasteiger partial charge in [-0.2, -0.15) is 0 Å².